The molecule has 0 spiro atoms. The van der Waals surface area contributed by atoms with Crippen molar-refractivity contribution in [1.82, 2.24) is 14.6 Å². The van der Waals surface area contributed by atoms with E-state index in [2.05, 4.69) is 62.2 Å². The van der Waals surface area contributed by atoms with Gasteiger partial charge in [-0.15, -0.1) is 10.2 Å². The maximum Gasteiger partial charge on any atom is 0.496 e. The van der Waals surface area contributed by atoms with E-state index in [1.807, 2.05) is 13.1 Å². The summed E-state index contributed by atoms with van der Waals surface area (Å²) in [5, 5.41) is 8.61. The summed E-state index contributed by atoms with van der Waals surface area (Å²) in [5.74, 6) is 1.26. The van der Waals surface area contributed by atoms with E-state index >= 15 is 0 Å². The van der Waals surface area contributed by atoms with Gasteiger partial charge in [-0.2, -0.15) is 0 Å². The Morgan fingerprint density at radius 2 is 1.68 bits per heavy atom. The molecule has 0 amide bonds. The maximum absolute atomic E-state index is 6.15. The van der Waals surface area contributed by atoms with Crippen molar-refractivity contribution in [3.63, 3.8) is 0 Å². The van der Waals surface area contributed by atoms with Gasteiger partial charge in [0.25, 0.3) is 0 Å². The Labute approximate surface area is 132 Å². The highest BCUT2D eigenvalue weighted by molar-refractivity contribution is 6.62. The minimum atomic E-state index is -0.365. The number of fused-ring (bicyclic) bond motifs is 1. The van der Waals surface area contributed by atoms with Crippen LogP contribution >= 0.6 is 0 Å². The normalized spacial score (nSPS) is 20.3. The molecule has 3 rings (SSSR count). The molecule has 0 bridgehead atoms. The van der Waals surface area contributed by atoms with Gasteiger partial charge >= 0.3 is 7.12 Å². The molecule has 5 nitrogen and oxygen atoms in total. The Morgan fingerprint density at radius 3 is 2.23 bits per heavy atom. The van der Waals surface area contributed by atoms with Crippen LogP contribution in [-0.4, -0.2) is 32.9 Å². The highest BCUT2D eigenvalue weighted by Gasteiger charge is 2.51. The lowest BCUT2D eigenvalue weighted by atomic mass is 9.79. The number of hydrogen-bond donors (Lipinski definition) is 0. The first-order chi connectivity index (χ1) is 10.1. The van der Waals surface area contributed by atoms with E-state index < -0.39 is 0 Å². The van der Waals surface area contributed by atoms with Crippen LogP contribution in [0, 0.1) is 6.92 Å². The van der Waals surface area contributed by atoms with Crippen molar-refractivity contribution >= 4 is 18.2 Å². The quantitative estimate of drug-likeness (QED) is 0.800. The predicted octanol–water partition coefficient (Wildman–Crippen LogP) is 2.46. The molecule has 1 aliphatic rings. The van der Waals surface area contributed by atoms with Crippen molar-refractivity contribution in [2.75, 3.05) is 0 Å². The lowest BCUT2D eigenvalue weighted by Crippen LogP contribution is -2.41. The first-order valence-corrected chi connectivity index (χ1v) is 7.83. The molecule has 1 saturated heterocycles. The topological polar surface area (TPSA) is 48.7 Å². The van der Waals surface area contributed by atoms with E-state index in [0.29, 0.717) is 5.92 Å². The SMILES string of the molecule is Cc1cc(B2OC(C)(C)C(C)(C)O2)cn2c(C(C)C)nnc12. The molecule has 22 heavy (non-hydrogen) atoms. The molecule has 1 fully saturated rings. The first kappa shape index (κ1) is 15.5. The zero-order valence-corrected chi connectivity index (χ0v) is 14.5. The third-order valence-electron chi connectivity index (χ3n) is 4.78. The lowest BCUT2D eigenvalue weighted by molar-refractivity contribution is 0.00578. The van der Waals surface area contributed by atoms with Crippen LogP contribution in [-0.2, 0) is 9.31 Å². The van der Waals surface area contributed by atoms with Crippen LogP contribution in [0.2, 0.25) is 0 Å². The van der Waals surface area contributed by atoms with Gasteiger partial charge in [0.2, 0.25) is 0 Å². The van der Waals surface area contributed by atoms with Gasteiger partial charge in [0.1, 0.15) is 5.82 Å². The van der Waals surface area contributed by atoms with Gasteiger partial charge in [-0.05, 0) is 45.6 Å². The van der Waals surface area contributed by atoms with Gasteiger partial charge in [0, 0.05) is 12.1 Å². The van der Waals surface area contributed by atoms with Crippen molar-refractivity contribution in [3.8, 4) is 0 Å². The summed E-state index contributed by atoms with van der Waals surface area (Å²) in [6.45, 7) is 14.5. The average molecular weight is 301 g/mol. The lowest BCUT2D eigenvalue weighted by Gasteiger charge is -2.32. The molecule has 0 aliphatic carbocycles. The standard InChI is InChI=1S/C16H24BN3O2/c1-10(2)13-18-19-14-11(3)8-12(9-20(13)14)17-21-15(4,5)16(6,7)22-17/h8-10H,1-7H3. The molecule has 118 valence electrons. The molecule has 3 heterocycles. The summed E-state index contributed by atoms with van der Waals surface area (Å²) in [6.07, 6.45) is 2.04. The fraction of sp³-hybridized carbons (Fsp3) is 0.625. The van der Waals surface area contributed by atoms with E-state index in [-0.39, 0.29) is 18.3 Å². The number of hydrogen-bond acceptors (Lipinski definition) is 4. The highest BCUT2D eigenvalue weighted by Crippen LogP contribution is 2.36. The second kappa shape index (κ2) is 4.80. The Hall–Kier alpha value is -1.40. The van der Waals surface area contributed by atoms with Gasteiger partial charge in [0.15, 0.2) is 5.65 Å². The molecule has 0 atom stereocenters. The monoisotopic (exact) mass is 301 g/mol. The molecular weight excluding hydrogens is 277 g/mol. The van der Waals surface area contributed by atoms with Crippen LogP contribution in [0.5, 0.6) is 0 Å². The minimum absolute atomic E-state index is 0.308. The van der Waals surface area contributed by atoms with Crippen molar-refractivity contribution < 1.29 is 9.31 Å². The van der Waals surface area contributed by atoms with E-state index in [9.17, 15) is 0 Å². The molecule has 0 N–H and O–H groups in total. The van der Waals surface area contributed by atoms with Crippen LogP contribution < -0.4 is 5.46 Å². The molecule has 0 aromatic carbocycles. The maximum atomic E-state index is 6.15. The van der Waals surface area contributed by atoms with Gasteiger partial charge in [-0.3, -0.25) is 4.40 Å². The number of pyridine rings is 1. The number of rotatable bonds is 2. The molecule has 6 heteroatoms. The van der Waals surface area contributed by atoms with Crippen LogP contribution in [0.25, 0.3) is 5.65 Å². The first-order valence-electron chi connectivity index (χ1n) is 7.83. The summed E-state index contributed by atoms with van der Waals surface area (Å²) < 4.78 is 14.4. The Kier molecular flexibility index (Phi) is 3.38. The summed E-state index contributed by atoms with van der Waals surface area (Å²) in [7, 11) is -0.365. The average Bonchev–Trinajstić information content (AvgIpc) is 2.89. The molecule has 0 saturated carbocycles. The third kappa shape index (κ3) is 2.25. The summed E-state index contributed by atoms with van der Waals surface area (Å²) in [6, 6.07) is 2.08. The van der Waals surface area contributed by atoms with E-state index in [1.54, 1.807) is 0 Å². The zero-order chi connectivity index (χ0) is 16.3. The Morgan fingerprint density at radius 1 is 1.09 bits per heavy atom. The fourth-order valence-electron chi connectivity index (χ4n) is 2.70. The molecule has 2 aromatic rings. The number of aryl methyl sites for hydroxylation is 1. The summed E-state index contributed by atoms with van der Waals surface area (Å²) in [4.78, 5) is 0. The number of aromatic nitrogens is 3. The van der Waals surface area contributed by atoms with Crippen molar-refractivity contribution in [3.05, 3.63) is 23.7 Å². The number of nitrogens with zero attached hydrogens (tertiary/aromatic N) is 3. The summed E-state index contributed by atoms with van der Waals surface area (Å²) in [5.41, 5.74) is 2.30. The molecule has 0 unspecified atom stereocenters. The molecular formula is C16H24BN3O2. The van der Waals surface area contributed by atoms with Gasteiger partial charge in [-0.25, -0.2) is 0 Å². The zero-order valence-electron chi connectivity index (χ0n) is 14.5. The van der Waals surface area contributed by atoms with Crippen LogP contribution in [0.1, 0.15) is 58.8 Å². The van der Waals surface area contributed by atoms with E-state index in [4.69, 9.17) is 9.31 Å². The fourth-order valence-corrected chi connectivity index (χ4v) is 2.70. The minimum Gasteiger partial charge on any atom is -0.399 e. The smallest absolute Gasteiger partial charge is 0.399 e. The van der Waals surface area contributed by atoms with E-state index in [0.717, 1.165) is 22.5 Å². The second-order valence-electron chi connectivity index (χ2n) is 7.45. The third-order valence-corrected chi connectivity index (χ3v) is 4.78. The second-order valence-corrected chi connectivity index (χ2v) is 7.45. The van der Waals surface area contributed by atoms with Crippen molar-refractivity contribution in [2.45, 2.75) is 65.6 Å². The molecule has 2 aromatic heterocycles. The van der Waals surface area contributed by atoms with Crippen LogP contribution in [0.3, 0.4) is 0 Å². The Bertz CT molecular complexity index is 705. The molecule has 1 aliphatic heterocycles. The summed E-state index contributed by atoms with van der Waals surface area (Å²) >= 11 is 0. The molecule has 0 radical (unpaired) electrons. The largest absolute Gasteiger partial charge is 0.496 e. The van der Waals surface area contributed by atoms with Crippen molar-refractivity contribution in [2.24, 2.45) is 0 Å². The van der Waals surface area contributed by atoms with Crippen LogP contribution in [0.4, 0.5) is 0 Å². The van der Waals surface area contributed by atoms with Gasteiger partial charge in [-0.1, -0.05) is 19.9 Å². The Balaban J connectivity index is 2.07. The van der Waals surface area contributed by atoms with E-state index in [1.165, 1.54) is 0 Å². The predicted molar refractivity (Wildman–Crippen MR) is 87.5 cm³/mol. The van der Waals surface area contributed by atoms with Gasteiger partial charge < -0.3 is 9.31 Å². The van der Waals surface area contributed by atoms with Crippen LogP contribution in [0.15, 0.2) is 12.3 Å². The van der Waals surface area contributed by atoms with Gasteiger partial charge in [0.05, 0.1) is 11.2 Å². The highest BCUT2D eigenvalue weighted by atomic mass is 16.7. The van der Waals surface area contributed by atoms with Crippen molar-refractivity contribution in [1.29, 1.82) is 0 Å².